The first-order chi connectivity index (χ1) is 3.31. The average Bonchev–Trinajstić information content (AvgIpc) is 1.68. The zero-order valence-corrected chi connectivity index (χ0v) is 5.80. The smallest absolute Gasteiger partial charge is 0.257 e. The van der Waals surface area contributed by atoms with Gasteiger partial charge in [0.05, 0.1) is 6.70 Å². The zero-order valence-electron chi connectivity index (χ0n) is 4.09. The third kappa shape index (κ3) is 4.13. The van der Waals surface area contributed by atoms with Gasteiger partial charge in [0.2, 0.25) is 0 Å². The number of ether oxygens (including phenoxy) is 1. The number of rotatable bonds is 2. The third-order valence-electron chi connectivity index (χ3n) is 0.379. The minimum Gasteiger partial charge on any atom is -0.345 e. The van der Waals surface area contributed by atoms with Gasteiger partial charge < -0.3 is 4.74 Å². The molecule has 1 atom stereocenters. The van der Waals surface area contributed by atoms with Crippen LogP contribution in [0.2, 0.25) is 0 Å². The lowest BCUT2D eigenvalue weighted by molar-refractivity contribution is 0.257. The molecule has 1 unspecified atom stereocenters. The summed E-state index contributed by atoms with van der Waals surface area (Å²) in [5, 5.41) is 0. The minimum atomic E-state index is -0.690. The molecular formula is C3H7O2PS. The second-order valence-corrected chi connectivity index (χ2v) is 4.34. The standard InChI is InChI=1S/C3H7O2PS/c1-5-3-6(2)7-4/h2-3H2,1H3. The summed E-state index contributed by atoms with van der Waals surface area (Å²) in [4.78, 5) is 0. The van der Waals surface area contributed by atoms with E-state index in [1.807, 2.05) is 0 Å². The first kappa shape index (κ1) is 7.28. The highest BCUT2D eigenvalue weighted by Crippen LogP contribution is 2.16. The van der Waals surface area contributed by atoms with E-state index in [-0.39, 0.29) is 0 Å². The molecule has 7 heavy (non-hydrogen) atoms. The van der Waals surface area contributed by atoms with Gasteiger partial charge in [0.25, 0.3) is 10.8 Å². The molecule has 0 rings (SSSR count). The fraction of sp³-hybridized carbons (Fsp3) is 0.667. The van der Waals surface area contributed by atoms with Crippen molar-refractivity contribution in [3.63, 3.8) is 0 Å². The molecule has 0 amide bonds. The highest BCUT2D eigenvalue weighted by atomic mass is 32.5. The van der Waals surface area contributed by atoms with Crippen LogP contribution < -0.4 is 0 Å². The van der Waals surface area contributed by atoms with Crippen molar-refractivity contribution in [1.29, 1.82) is 0 Å². The number of hydrogen-bond donors (Lipinski definition) is 0. The van der Waals surface area contributed by atoms with Gasteiger partial charge in [0, 0.05) is 7.11 Å². The van der Waals surface area contributed by atoms with Gasteiger partial charge in [0.15, 0.2) is 6.35 Å². The van der Waals surface area contributed by atoms with E-state index in [4.69, 9.17) is 0 Å². The highest BCUT2D eigenvalue weighted by molar-refractivity contribution is 8.09. The van der Waals surface area contributed by atoms with E-state index in [1.165, 1.54) is 0 Å². The van der Waals surface area contributed by atoms with Crippen molar-refractivity contribution in [2.45, 2.75) is 0 Å². The maximum absolute atomic E-state index is 9.82. The maximum Gasteiger partial charge on any atom is 0.257 e. The number of methoxy groups -OCH3 is 1. The molecule has 0 fully saturated rings. The lowest BCUT2D eigenvalue weighted by atomic mass is 11.5. The summed E-state index contributed by atoms with van der Waals surface area (Å²) in [5.74, 6) is 0. The van der Waals surface area contributed by atoms with Crippen LogP contribution in [0.25, 0.3) is 0 Å². The maximum atomic E-state index is 9.82. The van der Waals surface area contributed by atoms with Crippen LogP contribution in [0.5, 0.6) is 0 Å². The molecular weight excluding hydrogens is 131 g/mol. The zero-order chi connectivity index (χ0) is 5.70. The van der Waals surface area contributed by atoms with Crippen LogP contribution in [0.4, 0.5) is 0 Å². The van der Waals surface area contributed by atoms with Crippen molar-refractivity contribution in [3.8, 4) is 0 Å². The molecule has 0 saturated heterocycles. The Balaban J connectivity index is 3.37. The number of hydrogen-bond acceptors (Lipinski definition) is 2. The van der Waals surface area contributed by atoms with E-state index in [2.05, 4.69) is 11.4 Å². The van der Waals surface area contributed by atoms with Crippen molar-refractivity contribution in [2.24, 2.45) is 0 Å². The van der Waals surface area contributed by atoms with Gasteiger partial charge in [-0.2, -0.15) is 4.21 Å². The Labute approximate surface area is 47.4 Å². The molecule has 0 aliphatic rings. The van der Waals surface area contributed by atoms with E-state index in [9.17, 15) is 4.21 Å². The van der Waals surface area contributed by atoms with Gasteiger partial charge in [0.1, 0.15) is 0 Å². The van der Waals surface area contributed by atoms with Crippen LogP contribution in [0.1, 0.15) is 0 Å². The Bertz CT molecular complexity index is 97.1. The van der Waals surface area contributed by atoms with Gasteiger partial charge in [-0.25, -0.2) is 0 Å². The van der Waals surface area contributed by atoms with Crippen molar-refractivity contribution in [2.75, 3.05) is 13.5 Å². The van der Waals surface area contributed by atoms with Crippen LogP contribution in [0.15, 0.2) is 0 Å². The lowest BCUT2D eigenvalue weighted by Crippen LogP contribution is -1.75. The average molecular weight is 138 g/mol. The molecule has 0 N–H and O–H groups in total. The van der Waals surface area contributed by atoms with E-state index in [0.29, 0.717) is 17.2 Å². The van der Waals surface area contributed by atoms with E-state index in [1.54, 1.807) is 7.11 Å². The van der Waals surface area contributed by atoms with Crippen LogP contribution in [-0.4, -0.2) is 17.7 Å². The Morgan fingerprint density at radius 1 is 2.00 bits per heavy atom. The molecule has 0 heterocycles. The van der Waals surface area contributed by atoms with E-state index in [0.717, 1.165) is 0 Å². The molecule has 4 heteroatoms. The van der Waals surface area contributed by atoms with Crippen LogP contribution in [0, 0.1) is 6.66 Å². The largest absolute Gasteiger partial charge is 0.345 e. The molecule has 0 aliphatic heterocycles. The van der Waals surface area contributed by atoms with E-state index < -0.39 is 6.70 Å². The minimum absolute atomic E-state index is 0.503. The van der Waals surface area contributed by atoms with Crippen LogP contribution in [-0.2, 0) is 15.6 Å². The first-order valence-corrected chi connectivity index (χ1v) is 4.74. The summed E-state index contributed by atoms with van der Waals surface area (Å²) >= 11 is 0. The van der Waals surface area contributed by atoms with Crippen molar-refractivity contribution >= 4 is 17.5 Å². The fourth-order valence-electron chi connectivity index (χ4n) is 0.166. The normalized spacial score (nSPS) is 10.9. The summed E-state index contributed by atoms with van der Waals surface area (Å²) in [7, 11) is 2.09. The van der Waals surface area contributed by atoms with Gasteiger partial charge in [-0.05, 0) is 0 Å². The van der Waals surface area contributed by atoms with Gasteiger partial charge in [-0.3, -0.25) is 0 Å². The lowest BCUT2D eigenvalue weighted by Gasteiger charge is -1.83. The SMILES string of the molecule is [CH2-][P+](COC)=S=O. The Kier molecular flexibility index (Phi) is 4.62. The topological polar surface area (TPSA) is 26.3 Å². The molecule has 0 radical (unpaired) electrons. The Morgan fingerprint density at radius 3 is 2.71 bits per heavy atom. The molecule has 2 nitrogen and oxygen atoms in total. The molecule has 0 bridgehead atoms. The summed E-state index contributed by atoms with van der Waals surface area (Å²) in [6.45, 7) is 2.85. The molecule has 0 aromatic carbocycles. The monoisotopic (exact) mass is 138 g/mol. The second kappa shape index (κ2) is 4.44. The molecule has 0 aliphatic carbocycles. The van der Waals surface area contributed by atoms with Crippen LogP contribution in [0.3, 0.4) is 0 Å². The van der Waals surface area contributed by atoms with Crippen molar-refractivity contribution in [1.82, 2.24) is 0 Å². The fourth-order valence-corrected chi connectivity index (χ4v) is 0.942. The molecule has 0 aromatic rings. The molecule has 0 spiro atoms. The third-order valence-corrected chi connectivity index (χ3v) is 2.08. The predicted octanol–water partition coefficient (Wildman–Crippen LogP) is 0.992. The van der Waals surface area contributed by atoms with Gasteiger partial charge in [-0.1, -0.05) is 0 Å². The highest BCUT2D eigenvalue weighted by Gasteiger charge is 1.87. The van der Waals surface area contributed by atoms with E-state index >= 15 is 0 Å². The summed E-state index contributed by atoms with van der Waals surface area (Å²) in [6.07, 6.45) is 0.503. The Hall–Kier alpha value is 0.280. The second-order valence-electron chi connectivity index (χ2n) is 0.974. The quantitative estimate of drug-likeness (QED) is 0.420. The summed E-state index contributed by atoms with van der Waals surface area (Å²) < 4.78 is 14.5. The molecule has 0 saturated carbocycles. The van der Waals surface area contributed by atoms with Crippen LogP contribution >= 0.6 is 6.70 Å². The van der Waals surface area contributed by atoms with Crippen molar-refractivity contribution < 1.29 is 8.95 Å². The Morgan fingerprint density at radius 2 is 2.57 bits per heavy atom. The van der Waals surface area contributed by atoms with Gasteiger partial charge >= 0.3 is 0 Å². The van der Waals surface area contributed by atoms with Gasteiger partial charge in [-0.15, -0.1) is 6.66 Å². The molecule has 0 aromatic heterocycles. The summed E-state index contributed by atoms with van der Waals surface area (Å²) in [6, 6.07) is 0. The molecule has 42 valence electrons. The predicted molar refractivity (Wildman–Crippen MR) is 32.3 cm³/mol. The van der Waals surface area contributed by atoms with Crippen molar-refractivity contribution in [3.05, 3.63) is 6.66 Å². The summed E-state index contributed by atoms with van der Waals surface area (Å²) in [5.41, 5.74) is 0. The first-order valence-electron chi connectivity index (χ1n) is 1.68.